The summed E-state index contributed by atoms with van der Waals surface area (Å²) >= 11 is 0. The monoisotopic (exact) mass is 310 g/mol. The summed E-state index contributed by atoms with van der Waals surface area (Å²) in [7, 11) is 0. The van der Waals surface area contributed by atoms with Gasteiger partial charge in [-0.05, 0) is 37.8 Å². The molecule has 1 aromatic carbocycles. The minimum Gasteiger partial charge on any atom is -0.396 e. The molecule has 3 rings (SSSR count). The number of fused-ring (bicyclic) bond motifs is 1. The van der Waals surface area contributed by atoms with Gasteiger partial charge in [0.2, 0.25) is 5.91 Å². The van der Waals surface area contributed by atoms with E-state index in [0.717, 1.165) is 48.7 Å². The fourth-order valence-electron chi connectivity index (χ4n) is 2.77. The molecule has 120 valence electrons. The minimum atomic E-state index is 0.0540. The van der Waals surface area contributed by atoms with Crippen LogP contribution in [0.4, 0.5) is 0 Å². The molecule has 23 heavy (non-hydrogen) atoms. The lowest BCUT2D eigenvalue weighted by atomic mass is 10.1. The number of nitrogens with zero attached hydrogens (tertiary/aromatic N) is 2. The number of hydrogen-bond donors (Lipinski definition) is 1. The molecule has 0 unspecified atom stereocenters. The fraction of sp³-hybridized carbons (Fsp3) is 0.368. The third-order valence-electron chi connectivity index (χ3n) is 4.15. The van der Waals surface area contributed by atoms with Crippen molar-refractivity contribution < 1.29 is 9.90 Å². The van der Waals surface area contributed by atoms with Crippen molar-refractivity contribution in [1.29, 1.82) is 0 Å². The number of amides is 1. The molecule has 0 saturated heterocycles. The Morgan fingerprint density at radius 1 is 1.26 bits per heavy atom. The summed E-state index contributed by atoms with van der Waals surface area (Å²) in [6.45, 7) is 0.909. The molecular formula is C19H22N2O2. The zero-order valence-electron chi connectivity index (χ0n) is 13.2. The number of hydrogen-bond acceptors (Lipinski definition) is 3. The van der Waals surface area contributed by atoms with E-state index in [1.807, 2.05) is 41.3 Å². The van der Waals surface area contributed by atoms with Crippen molar-refractivity contribution in [3.8, 4) is 0 Å². The number of aliphatic hydroxyl groups is 1. The summed E-state index contributed by atoms with van der Waals surface area (Å²) in [5.41, 5.74) is 1.87. The van der Waals surface area contributed by atoms with E-state index in [-0.39, 0.29) is 12.5 Å². The molecule has 1 N–H and O–H groups in total. The first-order valence-electron chi connectivity index (χ1n) is 8.23. The highest BCUT2D eigenvalue weighted by Gasteiger charge is 2.30. The van der Waals surface area contributed by atoms with Crippen LogP contribution in [-0.2, 0) is 4.79 Å². The van der Waals surface area contributed by atoms with Crippen LogP contribution in [0.3, 0.4) is 0 Å². The van der Waals surface area contributed by atoms with Crippen LogP contribution in [0.2, 0.25) is 0 Å². The summed E-state index contributed by atoms with van der Waals surface area (Å²) < 4.78 is 0. The van der Waals surface area contributed by atoms with Crippen molar-refractivity contribution in [3.63, 3.8) is 0 Å². The normalized spacial score (nSPS) is 14.5. The third-order valence-corrected chi connectivity index (χ3v) is 4.15. The van der Waals surface area contributed by atoms with Gasteiger partial charge in [-0.25, -0.2) is 0 Å². The molecule has 1 aromatic heterocycles. The van der Waals surface area contributed by atoms with Crippen LogP contribution in [0, 0.1) is 0 Å². The van der Waals surface area contributed by atoms with E-state index in [4.69, 9.17) is 5.11 Å². The number of carbonyl (C=O) groups excluding carboxylic acids is 1. The van der Waals surface area contributed by atoms with Crippen LogP contribution in [-0.4, -0.2) is 40.1 Å². The van der Waals surface area contributed by atoms with Gasteiger partial charge in [-0.2, -0.15) is 0 Å². The molecule has 1 aliphatic rings. The van der Waals surface area contributed by atoms with Crippen LogP contribution >= 0.6 is 0 Å². The molecule has 0 bridgehead atoms. The van der Waals surface area contributed by atoms with Crippen molar-refractivity contribution in [2.24, 2.45) is 0 Å². The van der Waals surface area contributed by atoms with E-state index >= 15 is 0 Å². The van der Waals surface area contributed by atoms with Gasteiger partial charge >= 0.3 is 0 Å². The topological polar surface area (TPSA) is 53.4 Å². The lowest BCUT2D eigenvalue weighted by Crippen LogP contribution is -2.32. The zero-order valence-corrected chi connectivity index (χ0v) is 13.2. The first kappa shape index (κ1) is 15.7. The molecule has 4 nitrogen and oxygen atoms in total. The van der Waals surface area contributed by atoms with Crippen LogP contribution in [0.5, 0.6) is 0 Å². The number of pyridine rings is 1. The molecule has 0 atom stereocenters. The number of aromatic nitrogens is 1. The van der Waals surface area contributed by atoms with E-state index in [9.17, 15) is 4.79 Å². The first-order valence-corrected chi connectivity index (χ1v) is 8.23. The number of para-hydroxylation sites is 1. The molecule has 1 saturated carbocycles. The number of rotatable bonds is 7. The van der Waals surface area contributed by atoms with Gasteiger partial charge in [0, 0.05) is 42.4 Å². The highest BCUT2D eigenvalue weighted by atomic mass is 16.3. The maximum Gasteiger partial charge on any atom is 0.246 e. The quantitative estimate of drug-likeness (QED) is 0.632. The van der Waals surface area contributed by atoms with Gasteiger partial charge in [0.15, 0.2) is 0 Å². The van der Waals surface area contributed by atoms with Gasteiger partial charge in [0.25, 0.3) is 0 Å². The Kier molecular flexibility index (Phi) is 5.03. The molecule has 1 amide bonds. The number of aliphatic hydroxyl groups excluding tert-OH is 1. The van der Waals surface area contributed by atoms with Gasteiger partial charge in [-0.15, -0.1) is 0 Å². The zero-order chi connectivity index (χ0) is 16.1. The molecular weight excluding hydrogens is 288 g/mol. The van der Waals surface area contributed by atoms with Crippen LogP contribution in [0.25, 0.3) is 17.0 Å². The maximum atomic E-state index is 12.5. The summed E-state index contributed by atoms with van der Waals surface area (Å²) in [6, 6.07) is 10.3. The van der Waals surface area contributed by atoms with Crippen molar-refractivity contribution in [2.75, 3.05) is 13.2 Å². The average molecular weight is 310 g/mol. The molecule has 4 heteroatoms. The SMILES string of the molecule is O=C(/C=C/c1cccc2cccnc12)N(CCCCO)C1CC1. The second kappa shape index (κ2) is 7.38. The lowest BCUT2D eigenvalue weighted by Gasteiger charge is -2.20. The summed E-state index contributed by atoms with van der Waals surface area (Å²) in [4.78, 5) is 18.8. The minimum absolute atomic E-state index is 0.0540. The van der Waals surface area contributed by atoms with Crippen LogP contribution in [0.15, 0.2) is 42.6 Å². The van der Waals surface area contributed by atoms with Gasteiger partial charge in [-0.1, -0.05) is 24.3 Å². The fourth-order valence-corrected chi connectivity index (χ4v) is 2.77. The Balaban J connectivity index is 1.73. The second-order valence-corrected chi connectivity index (χ2v) is 5.95. The largest absolute Gasteiger partial charge is 0.396 e. The van der Waals surface area contributed by atoms with Crippen molar-refractivity contribution in [2.45, 2.75) is 31.7 Å². The number of unbranched alkanes of at least 4 members (excludes halogenated alkanes) is 1. The molecule has 0 spiro atoms. The van der Waals surface area contributed by atoms with Gasteiger partial charge in [0.05, 0.1) is 5.52 Å². The molecule has 1 fully saturated rings. The first-order chi connectivity index (χ1) is 11.3. The average Bonchev–Trinajstić information content (AvgIpc) is 3.41. The lowest BCUT2D eigenvalue weighted by molar-refractivity contribution is -0.126. The molecule has 1 heterocycles. The third kappa shape index (κ3) is 3.96. The van der Waals surface area contributed by atoms with E-state index < -0.39 is 0 Å². The number of carbonyl (C=O) groups is 1. The maximum absolute atomic E-state index is 12.5. The standard InChI is InChI=1S/C19H22N2O2/c22-14-2-1-13-21(17-9-10-17)18(23)11-8-16-6-3-5-15-7-4-12-20-19(15)16/h3-8,11-12,17,22H,1-2,9-10,13-14H2/b11-8+. The Hall–Kier alpha value is -2.20. The van der Waals surface area contributed by atoms with Crippen molar-refractivity contribution in [1.82, 2.24) is 9.88 Å². The van der Waals surface area contributed by atoms with E-state index in [2.05, 4.69) is 4.98 Å². The molecule has 1 aliphatic carbocycles. The highest BCUT2D eigenvalue weighted by Crippen LogP contribution is 2.27. The Morgan fingerprint density at radius 3 is 2.87 bits per heavy atom. The molecule has 0 radical (unpaired) electrons. The summed E-state index contributed by atoms with van der Waals surface area (Å²) in [5, 5.41) is 9.97. The molecule has 2 aromatic rings. The van der Waals surface area contributed by atoms with E-state index in [0.29, 0.717) is 6.04 Å². The molecule has 0 aliphatic heterocycles. The van der Waals surface area contributed by atoms with Crippen molar-refractivity contribution >= 4 is 22.9 Å². The summed E-state index contributed by atoms with van der Waals surface area (Å²) in [5.74, 6) is 0.0540. The summed E-state index contributed by atoms with van der Waals surface area (Å²) in [6.07, 6.45) is 9.06. The van der Waals surface area contributed by atoms with Gasteiger partial charge < -0.3 is 10.0 Å². The number of benzene rings is 1. The Labute approximate surface area is 136 Å². The highest BCUT2D eigenvalue weighted by molar-refractivity contribution is 5.95. The van der Waals surface area contributed by atoms with Gasteiger partial charge in [-0.3, -0.25) is 9.78 Å². The van der Waals surface area contributed by atoms with Crippen LogP contribution < -0.4 is 0 Å². The van der Waals surface area contributed by atoms with E-state index in [1.54, 1.807) is 12.3 Å². The Morgan fingerprint density at radius 2 is 2.09 bits per heavy atom. The van der Waals surface area contributed by atoms with Crippen molar-refractivity contribution in [3.05, 3.63) is 48.2 Å². The predicted molar refractivity (Wildman–Crippen MR) is 91.8 cm³/mol. The van der Waals surface area contributed by atoms with Gasteiger partial charge in [0.1, 0.15) is 0 Å². The Bertz CT molecular complexity index is 702. The van der Waals surface area contributed by atoms with Crippen LogP contribution in [0.1, 0.15) is 31.2 Å². The second-order valence-electron chi connectivity index (χ2n) is 5.95. The smallest absolute Gasteiger partial charge is 0.246 e. The predicted octanol–water partition coefficient (Wildman–Crippen LogP) is 3.01. The van der Waals surface area contributed by atoms with E-state index in [1.165, 1.54) is 0 Å².